The van der Waals surface area contributed by atoms with Crippen LogP contribution in [0.15, 0.2) is 6.07 Å². The van der Waals surface area contributed by atoms with Crippen molar-refractivity contribution in [3.8, 4) is 11.8 Å². The predicted octanol–water partition coefficient (Wildman–Crippen LogP) is 1.78. The minimum absolute atomic E-state index is 0.104. The molecule has 1 aromatic rings. The van der Waals surface area contributed by atoms with Crippen molar-refractivity contribution < 1.29 is 19.1 Å². The van der Waals surface area contributed by atoms with E-state index < -0.39 is 0 Å². The summed E-state index contributed by atoms with van der Waals surface area (Å²) in [5, 5.41) is 0. The number of hydrogen-bond acceptors (Lipinski definition) is 5. The van der Waals surface area contributed by atoms with E-state index in [4.69, 9.17) is 4.74 Å². The fourth-order valence-corrected chi connectivity index (χ4v) is 3.09. The van der Waals surface area contributed by atoms with Gasteiger partial charge < -0.3 is 14.5 Å². The average Bonchev–Trinajstić information content (AvgIpc) is 3.01. The molecular formula is C18H22N2O4S. The van der Waals surface area contributed by atoms with E-state index in [9.17, 15) is 14.4 Å². The monoisotopic (exact) mass is 362 g/mol. The molecule has 134 valence electrons. The van der Waals surface area contributed by atoms with Crippen LogP contribution in [0.2, 0.25) is 0 Å². The second-order valence-electron chi connectivity index (χ2n) is 6.70. The number of morpholine rings is 1. The SMILES string of the molecule is CC(C)(C)C#Cc1cc(N(C=O)CC(=O)N2CCOCC2)c(C=O)s1. The van der Waals surface area contributed by atoms with Crippen molar-refractivity contribution >= 4 is 35.6 Å². The van der Waals surface area contributed by atoms with Crippen LogP contribution < -0.4 is 4.90 Å². The Hall–Kier alpha value is -2.17. The molecule has 1 aromatic heterocycles. The fraction of sp³-hybridized carbons (Fsp3) is 0.500. The van der Waals surface area contributed by atoms with Crippen molar-refractivity contribution in [3.05, 3.63) is 15.8 Å². The number of nitrogens with zero attached hydrogens (tertiary/aromatic N) is 2. The largest absolute Gasteiger partial charge is 0.378 e. The number of aldehydes is 1. The molecule has 0 N–H and O–H groups in total. The zero-order valence-corrected chi connectivity index (χ0v) is 15.5. The van der Waals surface area contributed by atoms with E-state index in [1.807, 2.05) is 20.8 Å². The van der Waals surface area contributed by atoms with Crippen LogP contribution in [0.4, 0.5) is 5.69 Å². The van der Waals surface area contributed by atoms with E-state index in [-0.39, 0.29) is 17.9 Å². The molecule has 1 aliphatic rings. The van der Waals surface area contributed by atoms with Gasteiger partial charge in [-0.2, -0.15) is 0 Å². The Bertz CT molecular complexity index is 703. The van der Waals surface area contributed by atoms with Crippen LogP contribution >= 0.6 is 11.3 Å². The van der Waals surface area contributed by atoms with Gasteiger partial charge in [-0.05, 0) is 26.8 Å². The molecule has 1 fully saturated rings. The van der Waals surface area contributed by atoms with E-state index >= 15 is 0 Å². The van der Waals surface area contributed by atoms with Crippen LogP contribution in [0.3, 0.4) is 0 Å². The molecule has 0 atom stereocenters. The summed E-state index contributed by atoms with van der Waals surface area (Å²) in [4.78, 5) is 39.2. The lowest BCUT2D eigenvalue weighted by atomic mass is 9.98. The summed E-state index contributed by atoms with van der Waals surface area (Å²) in [6.45, 7) is 7.90. The first-order valence-corrected chi connectivity index (χ1v) is 8.85. The molecule has 0 radical (unpaired) electrons. The second kappa shape index (κ2) is 8.28. The number of thiophene rings is 1. The third kappa shape index (κ3) is 5.41. The first-order valence-electron chi connectivity index (χ1n) is 8.03. The van der Waals surface area contributed by atoms with E-state index in [0.29, 0.717) is 54.4 Å². The number of carbonyl (C=O) groups excluding carboxylic acids is 3. The Morgan fingerprint density at radius 1 is 1.36 bits per heavy atom. The van der Waals surface area contributed by atoms with Crippen LogP contribution in [0.25, 0.3) is 0 Å². The quantitative estimate of drug-likeness (QED) is 0.592. The van der Waals surface area contributed by atoms with Crippen LogP contribution in [-0.2, 0) is 14.3 Å². The maximum absolute atomic E-state index is 12.4. The number of rotatable bonds is 5. The van der Waals surface area contributed by atoms with Gasteiger partial charge in [0.2, 0.25) is 12.3 Å². The molecule has 1 aliphatic heterocycles. The van der Waals surface area contributed by atoms with E-state index in [2.05, 4.69) is 11.8 Å². The third-order valence-electron chi connectivity index (χ3n) is 3.51. The highest BCUT2D eigenvalue weighted by molar-refractivity contribution is 7.14. The first-order chi connectivity index (χ1) is 11.8. The van der Waals surface area contributed by atoms with Gasteiger partial charge in [0.05, 0.1) is 28.7 Å². The van der Waals surface area contributed by atoms with Crippen molar-refractivity contribution in [1.29, 1.82) is 0 Å². The zero-order valence-electron chi connectivity index (χ0n) is 14.7. The molecule has 0 aromatic carbocycles. The smallest absolute Gasteiger partial charge is 0.242 e. The molecule has 2 amide bonds. The van der Waals surface area contributed by atoms with Crippen molar-refractivity contribution in [3.63, 3.8) is 0 Å². The van der Waals surface area contributed by atoms with E-state index in [1.165, 1.54) is 16.2 Å². The Morgan fingerprint density at radius 2 is 2.04 bits per heavy atom. The Balaban J connectivity index is 2.19. The molecule has 0 unspecified atom stereocenters. The lowest BCUT2D eigenvalue weighted by molar-refractivity contribution is -0.134. The maximum Gasteiger partial charge on any atom is 0.242 e. The summed E-state index contributed by atoms with van der Waals surface area (Å²) >= 11 is 1.22. The summed E-state index contributed by atoms with van der Waals surface area (Å²) in [5.41, 5.74) is 0.261. The van der Waals surface area contributed by atoms with Crippen LogP contribution in [0, 0.1) is 17.3 Å². The van der Waals surface area contributed by atoms with Gasteiger partial charge in [-0.25, -0.2) is 0 Å². The van der Waals surface area contributed by atoms with Gasteiger partial charge in [0.1, 0.15) is 6.54 Å². The molecule has 7 heteroatoms. The maximum atomic E-state index is 12.4. The van der Waals surface area contributed by atoms with Gasteiger partial charge in [-0.1, -0.05) is 11.8 Å². The summed E-state index contributed by atoms with van der Waals surface area (Å²) in [6.07, 6.45) is 1.27. The summed E-state index contributed by atoms with van der Waals surface area (Å²) in [6, 6.07) is 1.69. The number of anilines is 1. The lowest BCUT2D eigenvalue weighted by Crippen LogP contribution is -2.45. The van der Waals surface area contributed by atoms with Crippen molar-refractivity contribution in [1.82, 2.24) is 4.90 Å². The Labute approximate surface area is 151 Å². The van der Waals surface area contributed by atoms with Crippen LogP contribution in [-0.4, -0.2) is 56.4 Å². The van der Waals surface area contributed by atoms with E-state index in [0.717, 1.165) is 0 Å². The lowest BCUT2D eigenvalue weighted by Gasteiger charge is -2.28. The fourth-order valence-electron chi connectivity index (χ4n) is 2.25. The predicted molar refractivity (Wildman–Crippen MR) is 96.8 cm³/mol. The Morgan fingerprint density at radius 3 is 2.60 bits per heavy atom. The van der Waals surface area contributed by atoms with Crippen molar-refractivity contribution in [2.75, 3.05) is 37.7 Å². The molecule has 6 nitrogen and oxygen atoms in total. The highest BCUT2D eigenvalue weighted by atomic mass is 32.1. The molecule has 2 heterocycles. The minimum atomic E-state index is -0.166. The minimum Gasteiger partial charge on any atom is -0.378 e. The first kappa shape index (κ1) is 19.2. The summed E-state index contributed by atoms with van der Waals surface area (Å²) < 4.78 is 5.22. The highest BCUT2D eigenvalue weighted by Crippen LogP contribution is 2.28. The molecule has 0 bridgehead atoms. The standard InChI is InChI=1S/C18H22N2O4S/c1-18(2,3)5-4-14-10-15(16(12-21)25-14)20(13-22)11-17(23)19-6-8-24-9-7-19/h10,12-13H,6-9,11H2,1-3H3. The van der Waals surface area contributed by atoms with Gasteiger partial charge in [0.15, 0.2) is 6.29 Å². The number of ether oxygens (including phenoxy) is 1. The Kier molecular flexibility index (Phi) is 6.34. The summed E-state index contributed by atoms with van der Waals surface area (Å²) in [5.74, 6) is 5.97. The second-order valence-corrected chi connectivity index (χ2v) is 7.79. The zero-order chi connectivity index (χ0) is 18.4. The molecule has 0 saturated carbocycles. The molecule has 25 heavy (non-hydrogen) atoms. The van der Waals surface area contributed by atoms with Crippen molar-refractivity contribution in [2.45, 2.75) is 20.8 Å². The third-order valence-corrected chi connectivity index (χ3v) is 4.48. The van der Waals surface area contributed by atoms with Gasteiger partial charge in [-0.15, -0.1) is 11.3 Å². The van der Waals surface area contributed by atoms with Crippen LogP contribution in [0.1, 0.15) is 35.3 Å². The number of carbonyl (C=O) groups is 3. The molecule has 0 spiro atoms. The van der Waals surface area contributed by atoms with E-state index in [1.54, 1.807) is 11.0 Å². The number of hydrogen-bond donors (Lipinski definition) is 0. The topological polar surface area (TPSA) is 66.9 Å². The van der Waals surface area contributed by atoms with Crippen molar-refractivity contribution in [2.24, 2.45) is 5.41 Å². The van der Waals surface area contributed by atoms with Gasteiger partial charge in [0.25, 0.3) is 0 Å². The molecule has 1 saturated heterocycles. The van der Waals surface area contributed by atoms with Gasteiger partial charge in [-0.3, -0.25) is 14.4 Å². The van der Waals surface area contributed by atoms with Gasteiger partial charge in [0, 0.05) is 18.5 Å². The normalized spacial score (nSPS) is 14.4. The average molecular weight is 362 g/mol. The van der Waals surface area contributed by atoms with Crippen LogP contribution in [0.5, 0.6) is 0 Å². The summed E-state index contributed by atoms with van der Waals surface area (Å²) in [7, 11) is 0. The highest BCUT2D eigenvalue weighted by Gasteiger charge is 2.22. The molecule has 0 aliphatic carbocycles. The number of amides is 2. The molecule has 2 rings (SSSR count). The molecular weight excluding hydrogens is 340 g/mol. The van der Waals surface area contributed by atoms with Gasteiger partial charge >= 0.3 is 0 Å².